The fourth-order valence-electron chi connectivity index (χ4n) is 1.71. The quantitative estimate of drug-likeness (QED) is 0.500. The minimum absolute atomic E-state index is 0.379. The third-order valence-corrected chi connectivity index (χ3v) is 4.16. The lowest BCUT2D eigenvalue weighted by Crippen LogP contribution is -2.11. The van der Waals surface area contributed by atoms with Crippen molar-refractivity contribution in [3.05, 3.63) is 63.7 Å². The molecule has 0 aliphatic rings. The van der Waals surface area contributed by atoms with Crippen LogP contribution >= 0.6 is 38.5 Å². The zero-order valence-corrected chi connectivity index (χ0v) is 13.6. The SMILES string of the molecule is BrCC(COc1cccc(I)c1)c1ccccc1. The Kier molecular flexibility index (Phi) is 5.50. The number of ether oxygens (including phenoxy) is 1. The number of hydrogen-bond donors (Lipinski definition) is 0. The maximum absolute atomic E-state index is 5.86. The largest absolute Gasteiger partial charge is 0.493 e. The highest BCUT2D eigenvalue weighted by Gasteiger charge is 2.10. The third-order valence-electron chi connectivity index (χ3n) is 2.70. The summed E-state index contributed by atoms with van der Waals surface area (Å²) in [6.07, 6.45) is 0. The Balaban J connectivity index is 2.00. The van der Waals surface area contributed by atoms with Crippen molar-refractivity contribution in [2.45, 2.75) is 5.92 Å². The molecule has 0 saturated carbocycles. The molecule has 18 heavy (non-hydrogen) atoms. The van der Waals surface area contributed by atoms with Gasteiger partial charge in [0.1, 0.15) is 5.75 Å². The molecule has 0 heterocycles. The number of halogens is 2. The van der Waals surface area contributed by atoms with Gasteiger partial charge in [-0.25, -0.2) is 0 Å². The summed E-state index contributed by atoms with van der Waals surface area (Å²) in [6.45, 7) is 0.690. The Morgan fingerprint density at radius 1 is 1.06 bits per heavy atom. The lowest BCUT2D eigenvalue weighted by atomic mass is 10.0. The van der Waals surface area contributed by atoms with Crippen LogP contribution in [0.4, 0.5) is 0 Å². The number of benzene rings is 2. The molecule has 0 aliphatic carbocycles. The van der Waals surface area contributed by atoms with E-state index in [0.717, 1.165) is 11.1 Å². The van der Waals surface area contributed by atoms with E-state index in [4.69, 9.17) is 4.74 Å². The molecule has 2 aromatic carbocycles. The van der Waals surface area contributed by atoms with E-state index in [1.54, 1.807) is 0 Å². The van der Waals surface area contributed by atoms with Gasteiger partial charge in [-0.15, -0.1) is 0 Å². The highest BCUT2D eigenvalue weighted by molar-refractivity contribution is 14.1. The van der Waals surface area contributed by atoms with Crippen LogP contribution in [0.15, 0.2) is 54.6 Å². The Morgan fingerprint density at radius 2 is 1.83 bits per heavy atom. The molecule has 0 fully saturated rings. The molecule has 0 aromatic heterocycles. The maximum Gasteiger partial charge on any atom is 0.120 e. The van der Waals surface area contributed by atoms with Gasteiger partial charge < -0.3 is 4.74 Å². The monoisotopic (exact) mass is 416 g/mol. The molecular formula is C15H14BrIO. The van der Waals surface area contributed by atoms with E-state index in [1.807, 2.05) is 18.2 Å². The van der Waals surface area contributed by atoms with Crippen LogP contribution in [0.25, 0.3) is 0 Å². The van der Waals surface area contributed by atoms with Gasteiger partial charge in [0.15, 0.2) is 0 Å². The third kappa shape index (κ3) is 3.99. The van der Waals surface area contributed by atoms with Gasteiger partial charge in [-0.1, -0.05) is 52.3 Å². The van der Waals surface area contributed by atoms with Crippen LogP contribution in [0.5, 0.6) is 5.75 Å². The maximum atomic E-state index is 5.86. The first-order chi connectivity index (χ1) is 8.79. The standard InChI is InChI=1S/C15H14BrIO/c16-10-13(12-5-2-1-3-6-12)11-18-15-8-4-7-14(17)9-15/h1-9,13H,10-11H2. The minimum Gasteiger partial charge on any atom is -0.493 e. The van der Waals surface area contributed by atoms with Crippen molar-refractivity contribution in [1.82, 2.24) is 0 Å². The van der Waals surface area contributed by atoms with Crippen LogP contribution in [-0.2, 0) is 0 Å². The van der Waals surface area contributed by atoms with Gasteiger partial charge in [0, 0.05) is 14.8 Å². The van der Waals surface area contributed by atoms with E-state index in [-0.39, 0.29) is 0 Å². The first-order valence-corrected chi connectivity index (χ1v) is 7.99. The van der Waals surface area contributed by atoms with Crippen LogP contribution in [0, 0.1) is 3.57 Å². The molecule has 1 atom stereocenters. The molecule has 0 bridgehead atoms. The first kappa shape index (κ1) is 13.9. The molecule has 0 spiro atoms. The first-order valence-electron chi connectivity index (χ1n) is 5.79. The van der Waals surface area contributed by atoms with Gasteiger partial charge in [-0.2, -0.15) is 0 Å². The molecule has 0 saturated heterocycles. The van der Waals surface area contributed by atoms with E-state index in [2.05, 4.69) is 74.9 Å². The number of hydrogen-bond acceptors (Lipinski definition) is 1. The van der Waals surface area contributed by atoms with Crippen LogP contribution in [-0.4, -0.2) is 11.9 Å². The molecule has 2 aromatic rings. The van der Waals surface area contributed by atoms with Gasteiger partial charge in [0.05, 0.1) is 6.61 Å². The van der Waals surface area contributed by atoms with Crippen molar-refractivity contribution in [1.29, 1.82) is 0 Å². The smallest absolute Gasteiger partial charge is 0.120 e. The zero-order chi connectivity index (χ0) is 12.8. The molecule has 0 amide bonds. The van der Waals surface area contributed by atoms with Gasteiger partial charge >= 0.3 is 0 Å². The van der Waals surface area contributed by atoms with Crippen LogP contribution in [0.2, 0.25) is 0 Å². The summed E-state index contributed by atoms with van der Waals surface area (Å²) < 4.78 is 7.05. The topological polar surface area (TPSA) is 9.23 Å². The van der Waals surface area contributed by atoms with Crippen LogP contribution in [0.1, 0.15) is 11.5 Å². The summed E-state index contributed by atoms with van der Waals surface area (Å²) in [5.74, 6) is 1.31. The number of rotatable bonds is 5. The van der Waals surface area contributed by atoms with E-state index in [1.165, 1.54) is 9.13 Å². The molecule has 3 heteroatoms. The van der Waals surface area contributed by atoms with Gasteiger partial charge in [-0.3, -0.25) is 0 Å². The summed E-state index contributed by atoms with van der Waals surface area (Å²) in [4.78, 5) is 0. The second kappa shape index (κ2) is 7.14. The number of alkyl halides is 1. The molecule has 2 rings (SSSR count). The van der Waals surface area contributed by atoms with Crippen LogP contribution in [0.3, 0.4) is 0 Å². The van der Waals surface area contributed by atoms with Gasteiger partial charge in [-0.05, 0) is 46.4 Å². The fourth-order valence-corrected chi connectivity index (χ4v) is 2.78. The average Bonchev–Trinajstić information content (AvgIpc) is 2.41. The second-order valence-electron chi connectivity index (χ2n) is 4.03. The molecule has 0 N–H and O–H groups in total. The molecule has 1 nitrogen and oxygen atoms in total. The Morgan fingerprint density at radius 3 is 2.50 bits per heavy atom. The molecule has 1 unspecified atom stereocenters. The van der Waals surface area contributed by atoms with Crippen molar-refractivity contribution >= 4 is 38.5 Å². The van der Waals surface area contributed by atoms with Crippen molar-refractivity contribution < 1.29 is 4.74 Å². The van der Waals surface area contributed by atoms with Crippen molar-refractivity contribution in [2.75, 3.05) is 11.9 Å². The molecule has 0 aliphatic heterocycles. The fraction of sp³-hybridized carbons (Fsp3) is 0.200. The van der Waals surface area contributed by atoms with E-state index >= 15 is 0 Å². The highest BCUT2D eigenvalue weighted by atomic mass is 127. The van der Waals surface area contributed by atoms with Gasteiger partial charge in [0.2, 0.25) is 0 Å². The Labute approximate surface area is 130 Å². The molecule has 0 radical (unpaired) electrons. The lowest BCUT2D eigenvalue weighted by Gasteiger charge is -2.15. The molecular weight excluding hydrogens is 403 g/mol. The van der Waals surface area contributed by atoms with Crippen molar-refractivity contribution in [3.63, 3.8) is 0 Å². The Bertz CT molecular complexity index is 487. The van der Waals surface area contributed by atoms with E-state index in [0.29, 0.717) is 12.5 Å². The zero-order valence-electron chi connectivity index (χ0n) is 9.85. The minimum atomic E-state index is 0.379. The summed E-state index contributed by atoms with van der Waals surface area (Å²) in [6, 6.07) is 18.6. The molecule has 94 valence electrons. The Hall–Kier alpha value is -0.550. The summed E-state index contributed by atoms with van der Waals surface area (Å²) in [5.41, 5.74) is 1.31. The van der Waals surface area contributed by atoms with E-state index in [9.17, 15) is 0 Å². The summed E-state index contributed by atoms with van der Waals surface area (Å²) in [7, 11) is 0. The van der Waals surface area contributed by atoms with Crippen LogP contribution < -0.4 is 4.74 Å². The lowest BCUT2D eigenvalue weighted by molar-refractivity contribution is 0.298. The predicted octanol–water partition coefficient (Wildman–Crippen LogP) is 4.85. The summed E-state index contributed by atoms with van der Waals surface area (Å²) in [5, 5.41) is 0.904. The highest BCUT2D eigenvalue weighted by Crippen LogP contribution is 2.21. The normalized spacial score (nSPS) is 12.1. The van der Waals surface area contributed by atoms with Crippen molar-refractivity contribution in [3.8, 4) is 5.75 Å². The predicted molar refractivity (Wildman–Crippen MR) is 87.6 cm³/mol. The van der Waals surface area contributed by atoms with Crippen molar-refractivity contribution in [2.24, 2.45) is 0 Å². The van der Waals surface area contributed by atoms with Gasteiger partial charge in [0.25, 0.3) is 0 Å². The average molecular weight is 417 g/mol. The van der Waals surface area contributed by atoms with E-state index < -0.39 is 0 Å². The summed E-state index contributed by atoms with van der Waals surface area (Å²) >= 11 is 5.85. The second-order valence-corrected chi connectivity index (χ2v) is 5.92.